The molecule has 0 bridgehead atoms. The van der Waals surface area contributed by atoms with Crippen molar-refractivity contribution >= 4 is 23.1 Å². The normalized spacial score (nSPS) is 11.8. The van der Waals surface area contributed by atoms with Crippen LogP contribution in [-0.2, 0) is 0 Å². The monoisotopic (exact) mass is 358 g/mol. The van der Waals surface area contributed by atoms with Crippen LogP contribution in [0.15, 0.2) is 69.9 Å². The molecule has 27 heavy (non-hydrogen) atoms. The Hall–Kier alpha value is -2.87. The van der Waals surface area contributed by atoms with E-state index in [0.717, 1.165) is 36.8 Å². The third kappa shape index (κ3) is 4.28. The number of fused-ring (bicyclic) bond motifs is 1. The molecule has 138 valence electrons. The van der Waals surface area contributed by atoms with Gasteiger partial charge < -0.3 is 4.42 Å². The molecule has 0 amide bonds. The van der Waals surface area contributed by atoms with Crippen LogP contribution in [0.25, 0.3) is 34.4 Å². The molecule has 3 rings (SSSR count). The van der Waals surface area contributed by atoms with E-state index in [1.165, 1.54) is 0 Å². The van der Waals surface area contributed by atoms with Crippen molar-refractivity contribution in [3.63, 3.8) is 0 Å². The molecule has 0 N–H and O–H groups in total. The maximum absolute atomic E-state index is 13.4. The molecular weight excluding hydrogens is 332 g/mol. The second-order valence-corrected chi connectivity index (χ2v) is 6.64. The van der Waals surface area contributed by atoms with Gasteiger partial charge in [-0.05, 0) is 24.5 Å². The Morgan fingerprint density at radius 1 is 0.852 bits per heavy atom. The van der Waals surface area contributed by atoms with Crippen molar-refractivity contribution in [2.45, 2.75) is 39.5 Å². The number of benzene rings is 2. The third-order valence-electron chi connectivity index (χ3n) is 4.52. The van der Waals surface area contributed by atoms with Crippen LogP contribution >= 0.6 is 0 Å². The van der Waals surface area contributed by atoms with Crippen LogP contribution in [0.1, 0.15) is 50.7 Å². The van der Waals surface area contributed by atoms with E-state index in [9.17, 15) is 4.79 Å². The van der Waals surface area contributed by atoms with Crippen LogP contribution in [0, 0.1) is 0 Å². The Morgan fingerprint density at radius 2 is 1.56 bits per heavy atom. The maximum Gasteiger partial charge on any atom is 0.201 e. The van der Waals surface area contributed by atoms with E-state index >= 15 is 0 Å². The highest BCUT2D eigenvalue weighted by molar-refractivity contribution is 5.90. The highest BCUT2D eigenvalue weighted by atomic mass is 16.3. The van der Waals surface area contributed by atoms with Crippen LogP contribution < -0.4 is 5.43 Å². The SMILES string of the molecule is CCCC=Cc1c(-c2ccccc2)oc2cccc(C=CCCC)c2c1=O. The molecular formula is C25H26O2. The minimum atomic E-state index is 0.0270. The summed E-state index contributed by atoms with van der Waals surface area (Å²) < 4.78 is 6.25. The lowest BCUT2D eigenvalue weighted by atomic mass is 10.0. The zero-order valence-corrected chi connectivity index (χ0v) is 16.1. The van der Waals surface area contributed by atoms with Gasteiger partial charge in [-0.3, -0.25) is 4.79 Å². The van der Waals surface area contributed by atoms with Gasteiger partial charge in [0, 0.05) is 5.56 Å². The molecule has 0 unspecified atom stereocenters. The molecule has 0 aliphatic rings. The van der Waals surface area contributed by atoms with E-state index in [0.29, 0.717) is 22.3 Å². The standard InChI is InChI=1S/C25H26O2/c1-3-5-8-13-19-16-12-18-22-23(19)24(26)21(17-9-6-4-2)25(27-22)20-14-10-7-11-15-20/h7-18H,3-6H2,1-2H3. The molecule has 2 nitrogen and oxygen atoms in total. The summed E-state index contributed by atoms with van der Waals surface area (Å²) in [5, 5.41) is 0.653. The molecule has 2 heteroatoms. The van der Waals surface area contributed by atoms with Gasteiger partial charge in [0.2, 0.25) is 5.43 Å². The van der Waals surface area contributed by atoms with Gasteiger partial charge in [0.15, 0.2) is 0 Å². The highest BCUT2D eigenvalue weighted by Gasteiger charge is 2.15. The minimum absolute atomic E-state index is 0.0270. The van der Waals surface area contributed by atoms with Crippen LogP contribution in [0.2, 0.25) is 0 Å². The van der Waals surface area contributed by atoms with Gasteiger partial charge in [-0.25, -0.2) is 0 Å². The summed E-state index contributed by atoms with van der Waals surface area (Å²) in [6.45, 7) is 4.27. The highest BCUT2D eigenvalue weighted by Crippen LogP contribution is 2.28. The van der Waals surface area contributed by atoms with E-state index in [1.807, 2.05) is 60.7 Å². The fourth-order valence-electron chi connectivity index (χ4n) is 3.12. The average molecular weight is 358 g/mol. The number of rotatable bonds is 7. The first-order valence-corrected chi connectivity index (χ1v) is 9.74. The van der Waals surface area contributed by atoms with E-state index < -0.39 is 0 Å². The van der Waals surface area contributed by atoms with Crippen molar-refractivity contribution in [3.05, 3.63) is 82.0 Å². The van der Waals surface area contributed by atoms with E-state index in [4.69, 9.17) is 4.42 Å². The smallest absolute Gasteiger partial charge is 0.201 e. The second-order valence-electron chi connectivity index (χ2n) is 6.64. The van der Waals surface area contributed by atoms with Crippen LogP contribution in [0.5, 0.6) is 0 Å². The molecule has 0 fully saturated rings. The Kier molecular flexibility index (Phi) is 6.43. The minimum Gasteiger partial charge on any atom is -0.455 e. The van der Waals surface area contributed by atoms with Gasteiger partial charge in [-0.2, -0.15) is 0 Å². The zero-order chi connectivity index (χ0) is 19.1. The van der Waals surface area contributed by atoms with Crippen molar-refractivity contribution in [1.29, 1.82) is 0 Å². The number of unbranched alkanes of at least 4 members (excludes halogenated alkanes) is 2. The Morgan fingerprint density at radius 3 is 2.26 bits per heavy atom. The van der Waals surface area contributed by atoms with Gasteiger partial charge in [0.05, 0.1) is 10.9 Å². The van der Waals surface area contributed by atoms with Crippen molar-refractivity contribution in [1.82, 2.24) is 0 Å². The number of allylic oxidation sites excluding steroid dienone is 2. The van der Waals surface area contributed by atoms with Crippen molar-refractivity contribution in [3.8, 4) is 11.3 Å². The lowest BCUT2D eigenvalue weighted by Crippen LogP contribution is -2.09. The number of hydrogen-bond acceptors (Lipinski definition) is 2. The van der Waals surface area contributed by atoms with E-state index in [1.54, 1.807) is 0 Å². The quantitative estimate of drug-likeness (QED) is 0.451. The van der Waals surface area contributed by atoms with E-state index in [-0.39, 0.29) is 5.43 Å². The molecule has 0 aliphatic carbocycles. The van der Waals surface area contributed by atoms with Gasteiger partial charge in [0.1, 0.15) is 11.3 Å². The van der Waals surface area contributed by atoms with Crippen molar-refractivity contribution in [2.24, 2.45) is 0 Å². The summed E-state index contributed by atoms with van der Waals surface area (Å²) >= 11 is 0. The molecule has 0 atom stereocenters. The zero-order valence-electron chi connectivity index (χ0n) is 16.1. The van der Waals surface area contributed by atoms with Crippen molar-refractivity contribution in [2.75, 3.05) is 0 Å². The summed E-state index contributed by atoms with van der Waals surface area (Å²) in [6, 6.07) is 15.6. The molecule has 0 saturated carbocycles. The first-order valence-electron chi connectivity index (χ1n) is 9.74. The summed E-state index contributed by atoms with van der Waals surface area (Å²) in [6.07, 6.45) is 12.2. The second kappa shape index (κ2) is 9.18. The van der Waals surface area contributed by atoms with Gasteiger partial charge in [-0.1, -0.05) is 93.5 Å². The molecule has 0 aliphatic heterocycles. The van der Waals surface area contributed by atoms with E-state index in [2.05, 4.69) is 26.0 Å². The lowest BCUT2D eigenvalue weighted by Gasteiger charge is -2.09. The molecule has 0 radical (unpaired) electrons. The molecule has 0 saturated heterocycles. The van der Waals surface area contributed by atoms with Crippen molar-refractivity contribution < 1.29 is 4.42 Å². The molecule has 1 heterocycles. The lowest BCUT2D eigenvalue weighted by molar-refractivity contribution is 0.617. The van der Waals surface area contributed by atoms with Gasteiger partial charge in [0.25, 0.3) is 0 Å². The molecule has 1 aromatic heterocycles. The predicted octanol–water partition coefficient (Wildman–Crippen LogP) is 7.09. The van der Waals surface area contributed by atoms with Crippen LogP contribution in [0.4, 0.5) is 0 Å². The fraction of sp³-hybridized carbons (Fsp3) is 0.240. The number of hydrogen-bond donors (Lipinski definition) is 0. The fourth-order valence-corrected chi connectivity index (χ4v) is 3.12. The maximum atomic E-state index is 13.4. The molecule has 3 aromatic rings. The van der Waals surface area contributed by atoms with Gasteiger partial charge in [-0.15, -0.1) is 0 Å². The van der Waals surface area contributed by atoms with Gasteiger partial charge >= 0.3 is 0 Å². The average Bonchev–Trinajstić information content (AvgIpc) is 2.70. The first kappa shape index (κ1) is 18.9. The topological polar surface area (TPSA) is 30.2 Å². The summed E-state index contributed by atoms with van der Waals surface area (Å²) in [5.74, 6) is 0.634. The molecule has 0 spiro atoms. The Labute approximate surface area is 160 Å². The first-order chi connectivity index (χ1) is 13.3. The van der Waals surface area contributed by atoms with Crippen LogP contribution in [0.3, 0.4) is 0 Å². The summed E-state index contributed by atoms with van der Waals surface area (Å²) in [7, 11) is 0. The molecule has 2 aromatic carbocycles. The predicted molar refractivity (Wildman–Crippen MR) is 116 cm³/mol. The summed E-state index contributed by atoms with van der Waals surface area (Å²) in [4.78, 5) is 13.4. The third-order valence-corrected chi connectivity index (χ3v) is 4.52. The Balaban J connectivity index is 2.26. The summed E-state index contributed by atoms with van der Waals surface area (Å²) in [5.41, 5.74) is 3.11. The largest absolute Gasteiger partial charge is 0.455 e. The van der Waals surface area contributed by atoms with Crippen LogP contribution in [-0.4, -0.2) is 0 Å². The Bertz CT molecular complexity index is 1010.